The van der Waals surface area contributed by atoms with Crippen LogP contribution < -0.4 is 5.32 Å². The molecule has 0 spiro atoms. The molecule has 0 fully saturated rings. The molecule has 0 bridgehead atoms. The standard InChI is InChI=1S/C6H9NO4/c1-3(8)5(4(2)9)7-6(10)11/h5,7H,1-2H3,(H,10,11). The molecular formula is C6H9NO4. The average Bonchev–Trinajstić information content (AvgIpc) is 1.81. The Morgan fingerprint density at radius 1 is 1.18 bits per heavy atom. The molecule has 11 heavy (non-hydrogen) atoms. The highest BCUT2D eigenvalue weighted by atomic mass is 16.4. The average molecular weight is 159 g/mol. The molecular weight excluding hydrogens is 150 g/mol. The van der Waals surface area contributed by atoms with Crippen LogP contribution in [0.1, 0.15) is 13.8 Å². The number of amides is 1. The van der Waals surface area contributed by atoms with E-state index in [0.29, 0.717) is 0 Å². The van der Waals surface area contributed by atoms with Gasteiger partial charge < -0.3 is 10.4 Å². The quantitative estimate of drug-likeness (QED) is 0.558. The predicted molar refractivity (Wildman–Crippen MR) is 36.3 cm³/mol. The summed E-state index contributed by atoms with van der Waals surface area (Å²) in [7, 11) is 0. The number of hydrogen-bond donors (Lipinski definition) is 2. The second-order valence-corrected chi connectivity index (χ2v) is 2.10. The van der Waals surface area contributed by atoms with E-state index in [4.69, 9.17) is 5.11 Å². The van der Waals surface area contributed by atoms with Gasteiger partial charge in [0.15, 0.2) is 11.6 Å². The summed E-state index contributed by atoms with van der Waals surface area (Å²) in [5.74, 6) is -1.00. The van der Waals surface area contributed by atoms with Crippen LogP contribution in [0.4, 0.5) is 4.79 Å². The molecule has 0 atom stereocenters. The zero-order valence-corrected chi connectivity index (χ0v) is 6.25. The van der Waals surface area contributed by atoms with Gasteiger partial charge in [-0.1, -0.05) is 0 Å². The molecule has 0 rings (SSSR count). The first-order chi connectivity index (χ1) is 4.95. The lowest BCUT2D eigenvalue weighted by Gasteiger charge is -2.08. The number of carbonyl (C=O) groups excluding carboxylic acids is 2. The van der Waals surface area contributed by atoms with Gasteiger partial charge in [-0.2, -0.15) is 0 Å². The van der Waals surface area contributed by atoms with Crippen molar-refractivity contribution in [1.82, 2.24) is 5.32 Å². The Morgan fingerprint density at radius 3 is 1.64 bits per heavy atom. The van der Waals surface area contributed by atoms with Crippen LogP contribution in [-0.4, -0.2) is 28.8 Å². The molecule has 2 N–H and O–H groups in total. The third-order valence-corrected chi connectivity index (χ3v) is 1.08. The van der Waals surface area contributed by atoms with Crippen molar-refractivity contribution in [1.29, 1.82) is 0 Å². The zero-order chi connectivity index (χ0) is 9.02. The largest absolute Gasteiger partial charge is 0.465 e. The van der Waals surface area contributed by atoms with Gasteiger partial charge >= 0.3 is 6.09 Å². The number of hydrogen-bond acceptors (Lipinski definition) is 3. The molecule has 5 nitrogen and oxygen atoms in total. The molecule has 0 aromatic carbocycles. The molecule has 0 unspecified atom stereocenters. The van der Waals surface area contributed by atoms with Crippen LogP contribution in [0.25, 0.3) is 0 Å². The Morgan fingerprint density at radius 2 is 1.55 bits per heavy atom. The SMILES string of the molecule is CC(=O)C(NC(=O)O)C(C)=O. The molecule has 1 amide bonds. The van der Waals surface area contributed by atoms with Gasteiger partial charge in [0, 0.05) is 0 Å². The van der Waals surface area contributed by atoms with Crippen molar-refractivity contribution < 1.29 is 19.5 Å². The van der Waals surface area contributed by atoms with Gasteiger partial charge in [0.25, 0.3) is 0 Å². The number of ketones is 2. The molecule has 0 saturated carbocycles. The number of Topliss-reactive ketones (excluding diaryl/α,β-unsaturated/α-hetero) is 2. The van der Waals surface area contributed by atoms with Crippen LogP contribution in [0.2, 0.25) is 0 Å². The molecule has 0 aromatic rings. The summed E-state index contributed by atoms with van der Waals surface area (Å²) in [5, 5.41) is 9.96. The summed E-state index contributed by atoms with van der Waals surface area (Å²) < 4.78 is 0. The second kappa shape index (κ2) is 3.70. The van der Waals surface area contributed by atoms with Crippen molar-refractivity contribution in [2.24, 2.45) is 0 Å². The van der Waals surface area contributed by atoms with Crippen molar-refractivity contribution in [3.63, 3.8) is 0 Å². The van der Waals surface area contributed by atoms with E-state index in [-0.39, 0.29) is 0 Å². The highest BCUT2D eigenvalue weighted by Crippen LogP contribution is 1.87. The smallest absolute Gasteiger partial charge is 0.405 e. The van der Waals surface area contributed by atoms with Gasteiger partial charge in [0.1, 0.15) is 6.04 Å². The van der Waals surface area contributed by atoms with Crippen LogP contribution >= 0.6 is 0 Å². The van der Waals surface area contributed by atoms with E-state index in [2.05, 4.69) is 0 Å². The zero-order valence-electron chi connectivity index (χ0n) is 6.25. The van der Waals surface area contributed by atoms with Gasteiger partial charge in [-0.25, -0.2) is 4.79 Å². The summed E-state index contributed by atoms with van der Waals surface area (Å²) in [6.07, 6.45) is -1.37. The summed E-state index contributed by atoms with van der Waals surface area (Å²) >= 11 is 0. The second-order valence-electron chi connectivity index (χ2n) is 2.10. The fraction of sp³-hybridized carbons (Fsp3) is 0.500. The molecule has 0 radical (unpaired) electrons. The number of carbonyl (C=O) groups is 3. The van der Waals surface area contributed by atoms with Gasteiger partial charge in [-0.15, -0.1) is 0 Å². The number of carboxylic acid groups (broad SMARTS) is 1. The summed E-state index contributed by atoms with van der Waals surface area (Å²) in [5.41, 5.74) is 0. The molecule has 5 heteroatoms. The topological polar surface area (TPSA) is 83.5 Å². The first-order valence-electron chi connectivity index (χ1n) is 2.95. The molecule has 0 aliphatic carbocycles. The Bertz CT molecular complexity index is 185. The Kier molecular flexibility index (Phi) is 3.23. The summed E-state index contributed by atoms with van der Waals surface area (Å²) in [4.78, 5) is 31.2. The van der Waals surface area contributed by atoms with E-state index in [1.165, 1.54) is 0 Å². The lowest BCUT2D eigenvalue weighted by molar-refractivity contribution is -0.127. The monoisotopic (exact) mass is 159 g/mol. The summed E-state index contributed by atoms with van der Waals surface area (Å²) in [6.45, 7) is 2.31. The minimum atomic E-state index is -1.37. The highest BCUT2D eigenvalue weighted by molar-refractivity contribution is 6.06. The van der Waals surface area contributed by atoms with Crippen LogP contribution in [-0.2, 0) is 9.59 Å². The van der Waals surface area contributed by atoms with E-state index in [1.807, 2.05) is 0 Å². The first kappa shape index (κ1) is 9.61. The van der Waals surface area contributed by atoms with Crippen molar-refractivity contribution in [2.75, 3.05) is 0 Å². The Balaban J connectivity index is 4.23. The van der Waals surface area contributed by atoms with Crippen molar-refractivity contribution in [3.8, 4) is 0 Å². The van der Waals surface area contributed by atoms with Crippen LogP contribution in [0.15, 0.2) is 0 Å². The van der Waals surface area contributed by atoms with Crippen molar-refractivity contribution in [3.05, 3.63) is 0 Å². The Labute approximate surface area is 63.4 Å². The van der Waals surface area contributed by atoms with E-state index >= 15 is 0 Å². The lowest BCUT2D eigenvalue weighted by atomic mass is 10.1. The van der Waals surface area contributed by atoms with E-state index in [9.17, 15) is 14.4 Å². The highest BCUT2D eigenvalue weighted by Gasteiger charge is 2.20. The third kappa shape index (κ3) is 3.34. The van der Waals surface area contributed by atoms with E-state index in [1.54, 1.807) is 5.32 Å². The number of rotatable bonds is 3. The Hall–Kier alpha value is -1.39. The molecule has 0 aliphatic heterocycles. The maximum atomic E-state index is 10.6. The minimum absolute atomic E-state index is 0.500. The maximum absolute atomic E-state index is 10.6. The number of nitrogens with one attached hydrogen (secondary N) is 1. The molecule has 0 aromatic heterocycles. The molecule has 0 saturated heterocycles. The predicted octanol–water partition coefficient (Wildman–Crippen LogP) is -0.199. The van der Waals surface area contributed by atoms with Gasteiger partial charge in [0.2, 0.25) is 0 Å². The van der Waals surface area contributed by atoms with E-state index < -0.39 is 23.7 Å². The first-order valence-corrected chi connectivity index (χ1v) is 2.95. The van der Waals surface area contributed by atoms with Gasteiger partial charge in [-0.3, -0.25) is 9.59 Å². The van der Waals surface area contributed by atoms with Gasteiger partial charge in [-0.05, 0) is 13.8 Å². The van der Waals surface area contributed by atoms with E-state index in [0.717, 1.165) is 13.8 Å². The van der Waals surface area contributed by atoms with Crippen LogP contribution in [0.3, 0.4) is 0 Å². The van der Waals surface area contributed by atoms with Crippen LogP contribution in [0, 0.1) is 0 Å². The van der Waals surface area contributed by atoms with Crippen molar-refractivity contribution >= 4 is 17.7 Å². The molecule has 62 valence electrons. The van der Waals surface area contributed by atoms with Crippen LogP contribution in [0.5, 0.6) is 0 Å². The third-order valence-electron chi connectivity index (χ3n) is 1.08. The molecule has 0 heterocycles. The molecule has 0 aliphatic rings. The van der Waals surface area contributed by atoms with Crippen molar-refractivity contribution in [2.45, 2.75) is 19.9 Å². The fourth-order valence-electron chi connectivity index (χ4n) is 0.613. The normalized spacial score (nSPS) is 9.36. The minimum Gasteiger partial charge on any atom is -0.465 e. The van der Waals surface area contributed by atoms with Gasteiger partial charge in [0.05, 0.1) is 0 Å². The summed E-state index contributed by atoms with van der Waals surface area (Å²) in [6, 6.07) is -1.22. The fourth-order valence-corrected chi connectivity index (χ4v) is 0.613. The maximum Gasteiger partial charge on any atom is 0.405 e. The lowest BCUT2D eigenvalue weighted by Crippen LogP contribution is -2.43.